The van der Waals surface area contributed by atoms with Gasteiger partial charge in [-0.1, -0.05) is 0 Å². The van der Waals surface area contributed by atoms with Crippen LogP contribution < -0.4 is 10.5 Å². The van der Waals surface area contributed by atoms with Gasteiger partial charge in [-0.3, -0.25) is 0 Å². The van der Waals surface area contributed by atoms with Gasteiger partial charge in [-0.05, 0) is 79.9 Å². The Morgan fingerprint density at radius 1 is 1.38 bits per heavy atom. The molecule has 118 valence electrons. The molecular formula is C14H22BrN3O2S. The standard InChI is InChI=1S/C14H22BrN3O2S/c1-10(11-5-7-18(2)8-6-11)17-14-4-3-12(9-13(14)15)21(16,19)20/h3-4,9-11,17H,5-8H2,1-2H3,(H2,16,19,20). The molecular weight excluding hydrogens is 354 g/mol. The first kappa shape index (κ1) is 16.7. The third-order valence-corrected chi connectivity index (χ3v) is 5.69. The highest BCUT2D eigenvalue weighted by atomic mass is 79.9. The van der Waals surface area contributed by atoms with Gasteiger partial charge in [0.2, 0.25) is 10.0 Å². The van der Waals surface area contributed by atoms with Crippen LogP contribution in [0.5, 0.6) is 0 Å². The summed E-state index contributed by atoms with van der Waals surface area (Å²) in [5, 5.41) is 8.61. The van der Waals surface area contributed by atoms with Crippen molar-refractivity contribution >= 4 is 31.6 Å². The molecule has 1 aliphatic heterocycles. The third-order valence-electron chi connectivity index (χ3n) is 4.12. The number of primary sulfonamides is 1. The number of anilines is 1. The SMILES string of the molecule is CC(Nc1ccc(S(N)(=O)=O)cc1Br)C1CCN(C)CC1. The van der Waals surface area contributed by atoms with Crippen molar-refractivity contribution < 1.29 is 8.42 Å². The van der Waals surface area contributed by atoms with Gasteiger partial charge >= 0.3 is 0 Å². The van der Waals surface area contributed by atoms with Crippen LogP contribution >= 0.6 is 15.9 Å². The zero-order chi connectivity index (χ0) is 15.6. The van der Waals surface area contributed by atoms with Crippen molar-refractivity contribution in [3.05, 3.63) is 22.7 Å². The minimum absolute atomic E-state index is 0.117. The molecule has 0 amide bonds. The number of hydrogen-bond donors (Lipinski definition) is 2. The van der Waals surface area contributed by atoms with E-state index in [9.17, 15) is 8.42 Å². The fourth-order valence-corrected chi connectivity index (χ4v) is 3.87. The highest BCUT2D eigenvalue weighted by Gasteiger charge is 2.22. The summed E-state index contributed by atoms with van der Waals surface area (Å²) in [5.41, 5.74) is 0.897. The smallest absolute Gasteiger partial charge is 0.238 e. The maximum Gasteiger partial charge on any atom is 0.238 e. The molecule has 1 unspecified atom stereocenters. The average Bonchev–Trinajstić information content (AvgIpc) is 2.40. The number of nitrogens with one attached hydrogen (secondary N) is 1. The molecule has 1 aliphatic rings. The molecule has 3 N–H and O–H groups in total. The minimum atomic E-state index is -3.66. The number of benzene rings is 1. The van der Waals surface area contributed by atoms with Crippen LogP contribution in [0.25, 0.3) is 0 Å². The molecule has 5 nitrogen and oxygen atoms in total. The van der Waals surface area contributed by atoms with Crippen LogP contribution in [-0.2, 0) is 10.0 Å². The lowest BCUT2D eigenvalue weighted by molar-refractivity contribution is 0.208. The van der Waals surface area contributed by atoms with E-state index in [4.69, 9.17) is 5.14 Å². The summed E-state index contributed by atoms with van der Waals surface area (Å²) in [4.78, 5) is 2.46. The summed E-state index contributed by atoms with van der Waals surface area (Å²) in [6, 6.07) is 5.17. The van der Waals surface area contributed by atoms with Gasteiger partial charge in [0.05, 0.1) is 4.90 Å². The molecule has 0 bridgehead atoms. The fraction of sp³-hybridized carbons (Fsp3) is 0.571. The Bertz CT molecular complexity index is 598. The monoisotopic (exact) mass is 375 g/mol. The largest absolute Gasteiger partial charge is 0.381 e. The summed E-state index contributed by atoms with van der Waals surface area (Å²) in [6.45, 7) is 4.43. The van der Waals surface area contributed by atoms with Crippen LogP contribution in [0.1, 0.15) is 19.8 Å². The number of rotatable bonds is 4. The van der Waals surface area contributed by atoms with Crippen LogP contribution in [0.15, 0.2) is 27.6 Å². The molecule has 21 heavy (non-hydrogen) atoms. The Labute approximate surface area is 135 Å². The van der Waals surface area contributed by atoms with E-state index < -0.39 is 10.0 Å². The number of likely N-dealkylation sites (tertiary alicyclic amines) is 1. The van der Waals surface area contributed by atoms with E-state index in [2.05, 4.69) is 40.1 Å². The second-order valence-corrected chi connectivity index (χ2v) is 8.18. The van der Waals surface area contributed by atoms with Gasteiger partial charge in [0.1, 0.15) is 0 Å². The van der Waals surface area contributed by atoms with E-state index in [1.54, 1.807) is 12.1 Å². The number of nitrogens with two attached hydrogens (primary N) is 1. The van der Waals surface area contributed by atoms with Gasteiger partial charge in [0.25, 0.3) is 0 Å². The lowest BCUT2D eigenvalue weighted by Gasteiger charge is -2.33. The quantitative estimate of drug-likeness (QED) is 0.845. The molecule has 0 saturated carbocycles. The Hall–Kier alpha value is -0.630. The number of hydrogen-bond acceptors (Lipinski definition) is 4. The van der Waals surface area contributed by atoms with Crippen LogP contribution in [0.4, 0.5) is 5.69 Å². The summed E-state index contributed by atoms with van der Waals surface area (Å²) in [7, 11) is -1.51. The van der Waals surface area contributed by atoms with Crippen molar-refractivity contribution in [1.82, 2.24) is 4.90 Å². The first-order valence-electron chi connectivity index (χ1n) is 7.05. The number of piperidine rings is 1. The van der Waals surface area contributed by atoms with Crippen LogP contribution in [-0.4, -0.2) is 39.5 Å². The van der Waals surface area contributed by atoms with Gasteiger partial charge in [-0.2, -0.15) is 0 Å². The predicted octanol–water partition coefficient (Wildman–Crippen LogP) is 2.24. The predicted molar refractivity (Wildman–Crippen MR) is 88.8 cm³/mol. The molecule has 1 heterocycles. The normalized spacial score (nSPS) is 19.4. The minimum Gasteiger partial charge on any atom is -0.381 e. The van der Waals surface area contributed by atoms with Gasteiger partial charge in [0, 0.05) is 16.2 Å². The van der Waals surface area contributed by atoms with Crippen molar-refractivity contribution in [1.29, 1.82) is 0 Å². The zero-order valence-corrected chi connectivity index (χ0v) is 14.7. The third kappa shape index (κ3) is 4.42. The highest BCUT2D eigenvalue weighted by molar-refractivity contribution is 9.10. The van der Waals surface area contributed by atoms with Crippen LogP contribution in [0.3, 0.4) is 0 Å². The molecule has 0 aromatic heterocycles. The molecule has 0 radical (unpaired) electrons. The van der Waals surface area contributed by atoms with Crippen molar-refractivity contribution in [2.24, 2.45) is 11.1 Å². The van der Waals surface area contributed by atoms with E-state index in [1.165, 1.54) is 18.9 Å². The van der Waals surface area contributed by atoms with E-state index in [0.717, 1.165) is 18.8 Å². The van der Waals surface area contributed by atoms with E-state index in [1.807, 2.05) is 0 Å². The molecule has 0 aliphatic carbocycles. The van der Waals surface area contributed by atoms with Gasteiger partial charge in [0.15, 0.2) is 0 Å². The summed E-state index contributed by atoms with van der Waals surface area (Å²) in [6.07, 6.45) is 2.36. The van der Waals surface area contributed by atoms with Crippen LogP contribution in [0, 0.1) is 5.92 Å². The Morgan fingerprint density at radius 2 is 2.00 bits per heavy atom. The number of sulfonamides is 1. The van der Waals surface area contributed by atoms with Gasteiger partial charge < -0.3 is 10.2 Å². The second-order valence-electron chi connectivity index (χ2n) is 5.76. The van der Waals surface area contributed by atoms with E-state index in [0.29, 0.717) is 16.4 Å². The molecule has 1 fully saturated rings. The fourth-order valence-electron chi connectivity index (χ4n) is 2.68. The second kappa shape index (κ2) is 6.64. The molecule has 7 heteroatoms. The Kier molecular flexibility index (Phi) is 5.29. The van der Waals surface area contributed by atoms with Gasteiger partial charge in [-0.25, -0.2) is 13.6 Å². The molecule has 0 spiro atoms. The van der Waals surface area contributed by atoms with E-state index in [-0.39, 0.29) is 4.90 Å². The topological polar surface area (TPSA) is 75.4 Å². The lowest BCUT2D eigenvalue weighted by atomic mass is 9.90. The maximum atomic E-state index is 11.3. The first-order chi connectivity index (χ1) is 9.77. The number of nitrogens with zero attached hydrogens (tertiary/aromatic N) is 1. The first-order valence-corrected chi connectivity index (χ1v) is 9.39. The highest BCUT2D eigenvalue weighted by Crippen LogP contribution is 2.28. The molecule has 1 saturated heterocycles. The summed E-state index contributed by atoms with van der Waals surface area (Å²) in [5.74, 6) is 0.631. The van der Waals surface area contributed by atoms with Crippen molar-refractivity contribution in [3.8, 4) is 0 Å². The molecule has 1 atom stereocenters. The average molecular weight is 376 g/mol. The van der Waals surface area contributed by atoms with Crippen LogP contribution in [0.2, 0.25) is 0 Å². The van der Waals surface area contributed by atoms with Crippen molar-refractivity contribution in [2.45, 2.75) is 30.7 Å². The Balaban J connectivity index is 2.06. The molecule has 1 aromatic rings. The van der Waals surface area contributed by atoms with E-state index >= 15 is 0 Å². The lowest BCUT2D eigenvalue weighted by Crippen LogP contribution is -2.37. The van der Waals surface area contributed by atoms with Gasteiger partial charge in [-0.15, -0.1) is 0 Å². The van der Waals surface area contributed by atoms with Crippen molar-refractivity contribution in [3.63, 3.8) is 0 Å². The van der Waals surface area contributed by atoms with Crippen molar-refractivity contribution in [2.75, 3.05) is 25.5 Å². The maximum absolute atomic E-state index is 11.3. The zero-order valence-electron chi connectivity index (χ0n) is 12.3. The molecule has 1 aromatic carbocycles. The summed E-state index contributed by atoms with van der Waals surface area (Å²) >= 11 is 3.41. The summed E-state index contributed by atoms with van der Waals surface area (Å²) < 4.78 is 23.4. The Morgan fingerprint density at radius 3 is 2.52 bits per heavy atom. The number of halogens is 1. The molecule has 2 rings (SSSR count).